The third-order valence-electron chi connectivity index (χ3n) is 1.32. The van der Waals surface area contributed by atoms with Gasteiger partial charge in [0.1, 0.15) is 5.75 Å². The van der Waals surface area contributed by atoms with E-state index in [2.05, 4.69) is 10.8 Å². The highest BCUT2D eigenvalue weighted by Crippen LogP contribution is 2.26. The molecule has 0 bridgehead atoms. The van der Waals surface area contributed by atoms with Crippen LogP contribution in [0.3, 0.4) is 0 Å². The zero-order valence-corrected chi connectivity index (χ0v) is 7.62. The van der Waals surface area contributed by atoms with E-state index >= 15 is 0 Å². The summed E-state index contributed by atoms with van der Waals surface area (Å²) in [5.74, 6) is -0.387. The summed E-state index contributed by atoms with van der Waals surface area (Å²) in [6.07, 6.45) is -4.73. The quantitative estimate of drug-likeness (QED) is 0.838. The lowest BCUT2D eigenvalue weighted by molar-refractivity contribution is -0.274. The summed E-state index contributed by atoms with van der Waals surface area (Å²) >= 11 is 5.50. The maximum absolute atomic E-state index is 11.8. The summed E-state index contributed by atoms with van der Waals surface area (Å²) in [6, 6.07) is 4.74. The number of alkyl halides is 3. The van der Waals surface area contributed by atoms with Gasteiger partial charge in [-0.3, -0.25) is 0 Å². The molecule has 2 N–H and O–H groups in total. The van der Waals surface area contributed by atoms with Crippen molar-refractivity contribution < 1.29 is 17.9 Å². The molecular weight excluding hydrogens is 219 g/mol. The second-order valence-electron chi connectivity index (χ2n) is 2.44. The van der Waals surface area contributed by atoms with Crippen LogP contribution in [0.5, 0.6) is 5.75 Å². The minimum Gasteiger partial charge on any atom is -0.406 e. The molecule has 1 radical (unpaired) electrons. The fourth-order valence-electron chi connectivity index (χ4n) is 0.866. The third-order valence-corrected chi connectivity index (χ3v) is 1.52. The molecule has 0 aliphatic carbocycles. The van der Waals surface area contributed by atoms with Gasteiger partial charge in [-0.25, -0.2) is 0 Å². The summed E-state index contributed by atoms with van der Waals surface area (Å²) in [5.41, 5.74) is 5.58. The van der Waals surface area contributed by atoms with Crippen molar-refractivity contribution in [1.82, 2.24) is 0 Å². The molecule has 0 amide bonds. The molecule has 77 valence electrons. The van der Waals surface area contributed by atoms with E-state index < -0.39 is 6.36 Å². The Morgan fingerprint density at radius 3 is 2.57 bits per heavy atom. The first kappa shape index (κ1) is 11.1. The van der Waals surface area contributed by atoms with Crippen molar-refractivity contribution in [2.45, 2.75) is 12.9 Å². The van der Waals surface area contributed by atoms with E-state index in [1.807, 2.05) is 0 Å². The minimum absolute atomic E-state index is 0.0344. The number of nitrogens with two attached hydrogens (primary N) is 1. The predicted molar refractivity (Wildman–Crippen MR) is 44.9 cm³/mol. The fraction of sp³-hybridized carbons (Fsp3) is 0.250. The van der Waals surface area contributed by atoms with Crippen molar-refractivity contribution in [2.24, 2.45) is 5.73 Å². The normalized spacial score (nSPS) is 11.5. The monoisotopic (exact) mass is 224 g/mol. The van der Waals surface area contributed by atoms with Gasteiger partial charge in [0.25, 0.3) is 0 Å². The Hall–Kier alpha value is -0.940. The number of rotatable bonds is 2. The van der Waals surface area contributed by atoms with Crippen LogP contribution in [-0.2, 0) is 6.54 Å². The molecule has 0 aliphatic heterocycles. The van der Waals surface area contributed by atoms with Crippen molar-refractivity contribution in [3.63, 3.8) is 0 Å². The molecule has 2 nitrogen and oxygen atoms in total. The minimum atomic E-state index is -4.73. The maximum Gasteiger partial charge on any atom is 0.573 e. The molecule has 14 heavy (non-hydrogen) atoms. The molecule has 6 heteroatoms. The van der Waals surface area contributed by atoms with Gasteiger partial charge < -0.3 is 10.5 Å². The Morgan fingerprint density at radius 1 is 1.43 bits per heavy atom. The lowest BCUT2D eigenvalue weighted by atomic mass is 10.2. The van der Waals surface area contributed by atoms with E-state index in [0.717, 1.165) is 12.1 Å². The number of hydrogen-bond donors (Lipinski definition) is 1. The topological polar surface area (TPSA) is 35.2 Å². The third kappa shape index (κ3) is 3.43. The van der Waals surface area contributed by atoms with Crippen molar-refractivity contribution in [2.75, 3.05) is 0 Å². The van der Waals surface area contributed by atoms with Crippen LogP contribution in [0.25, 0.3) is 0 Å². The van der Waals surface area contributed by atoms with Crippen LogP contribution >= 0.6 is 11.6 Å². The van der Waals surface area contributed by atoms with E-state index in [4.69, 9.17) is 17.3 Å². The zero-order chi connectivity index (χ0) is 10.8. The second kappa shape index (κ2) is 4.06. The molecule has 0 atom stereocenters. The Morgan fingerprint density at radius 2 is 2.07 bits per heavy atom. The van der Waals surface area contributed by atoms with Crippen molar-refractivity contribution in [1.29, 1.82) is 0 Å². The van der Waals surface area contributed by atoms with E-state index in [0.29, 0.717) is 5.56 Å². The number of benzene rings is 1. The highest BCUT2D eigenvalue weighted by Gasteiger charge is 2.31. The standard InChI is InChI=1S/C8H6ClF3NO/c9-6-1-5(4-13)2-7(3-6)14-8(10,11)12/h2-3H,4,13H2. The van der Waals surface area contributed by atoms with E-state index in [9.17, 15) is 13.2 Å². The van der Waals surface area contributed by atoms with Crippen molar-refractivity contribution in [3.8, 4) is 5.75 Å². The largest absolute Gasteiger partial charge is 0.573 e. The number of hydrogen-bond acceptors (Lipinski definition) is 2. The lowest BCUT2D eigenvalue weighted by Crippen LogP contribution is -2.17. The van der Waals surface area contributed by atoms with Gasteiger partial charge in [-0.2, -0.15) is 0 Å². The summed E-state index contributed by atoms with van der Waals surface area (Å²) in [5, 5.41) is 0.0344. The fourth-order valence-corrected chi connectivity index (χ4v) is 1.10. The van der Waals surface area contributed by atoms with Crippen LogP contribution < -0.4 is 10.5 Å². The van der Waals surface area contributed by atoms with E-state index in [1.165, 1.54) is 0 Å². The molecule has 0 aliphatic rings. The Balaban J connectivity index is 2.92. The molecular formula is C8H6ClF3NO. The summed E-state index contributed by atoms with van der Waals surface area (Å²) in [4.78, 5) is 0. The smallest absolute Gasteiger partial charge is 0.406 e. The molecule has 0 fully saturated rings. The first-order chi connectivity index (χ1) is 6.40. The maximum atomic E-state index is 11.8. The van der Waals surface area contributed by atoms with Gasteiger partial charge >= 0.3 is 6.36 Å². The van der Waals surface area contributed by atoms with Crippen LogP contribution in [0.2, 0.25) is 5.02 Å². The SMILES string of the molecule is NCc1[c]c(Cl)cc(OC(F)(F)F)c1. The van der Waals surface area contributed by atoms with E-state index in [1.54, 1.807) is 0 Å². The molecule has 1 aromatic carbocycles. The lowest BCUT2D eigenvalue weighted by Gasteiger charge is -2.09. The van der Waals surface area contributed by atoms with Crippen LogP contribution in [-0.4, -0.2) is 6.36 Å². The highest BCUT2D eigenvalue weighted by molar-refractivity contribution is 6.30. The molecule has 0 unspecified atom stereocenters. The van der Waals surface area contributed by atoms with Crippen molar-refractivity contribution in [3.05, 3.63) is 28.8 Å². The van der Waals surface area contributed by atoms with Gasteiger partial charge in [0.05, 0.1) is 5.02 Å². The Labute approximate surface area is 83.4 Å². The highest BCUT2D eigenvalue weighted by atomic mass is 35.5. The molecule has 0 saturated carbocycles. The number of ether oxygens (including phenoxy) is 1. The molecule has 1 rings (SSSR count). The molecule has 0 saturated heterocycles. The Kier molecular flexibility index (Phi) is 3.23. The molecule has 1 aromatic rings. The Bertz CT molecular complexity index is 327. The number of halogens is 4. The predicted octanol–water partition coefficient (Wildman–Crippen LogP) is 2.50. The molecule has 0 aromatic heterocycles. The zero-order valence-electron chi connectivity index (χ0n) is 6.86. The second-order valence-corrected chi connectivity index (χ2v) is 2.85. The first-order valence-electron chi connectivity index (χ1n) is 3.58. The summed E-state index contributed by atoms with van der Waals surface area (Å²) in [6.45, 7) is 0.0504. The van der Waals surface area contributed by atoms with Crippen LogP contribution in [0.1, 0.15) is 5.56 Å². The molecule has 0 spiro atoms. The molecule has 0 heterocycles. The van der Waals surface area contributed by atoms with Crippen LogP contribution in [0.15, 0.2) is 12.1 Å². The van der Waals surface area contributed by atoms with E-state index in [-0.39, 0.29) is 17.3 Å². The summed E-state index contributed by atoms with van der Waals surface area (Å²) in [7, 11) is 0. The van der Waals surface area contributed by atoms with Crippen LogP contribution in [0.4, 0.5) is 13.2 Å². The first-order valence-corrected chi connectivity index (χ1v) is 3.96. The van der Waals surface area contributed by atoms with Gasteiger partial charge in [0.2, 0.25) is 0 Å². The van der Waals surface area contributed by atoms with Crippen LogP contribution in [0, 0.1) is 6.07 Å². The van der Waals surface area contributed by atoms with Gasteiger partial charge in [-0.05, 0) is 17.7 Å². The van der Waals surface area contributed by atoms with Gasteiger partial charge in [-0.15, -0.1) is 13.2 Å². The van der Waals surface area contributed by atoms with Gasteiger partial charge in [0.15, 0.2) is 0 Å². The van der Waals surface area contributed by atoms with Gasteiger partial charge in [0, 0.05) is 12.6 Å². The average molecular weight is 225 g/mol. The van der Waals surface area contributed by atoms with Crippen molar-refractivity contribution >= 4 is 11.6 Å². The average Bonchev–Trinajstić information content (AvgIpc) is 1.99. The van der Waals surface area contributed by atoms with Gasteiger partial charge in [-0.1, -0.05) is 11.6 Å². The summed E-state index contributed by atoms with van der Waals surface area (Å²) < 4.78 is 39.1.